The lowest BCUT2D eigenvalue weighted by Crippen LogP contribution is -2.47. The highest BCUT2D eigenvalue weighted by atomic mass is 32.1. The molecule has 0 bridgehead atoms. The Morgan fingerprint density at radius 1 is 1.24 bits per heavy atom. The second-order valence-corrected chi connectivity index (χ2v) is 7.48. The van der Waals surface area contributed by atoms with E-state index in [0.717, 1.165) is 49.2 Å². The highest BCUT2D eigenvalue weighted by Crippen LogP contribution is 2.27. The SMILES string of the molecule is CCCCC(=O)Nc1nc2ccc(C(=O)N3CCN(C)CC3)cc2s1. The van der Waals surface area contributed by atoms with E-state index in [1.165, 1.54) is 11.3 Å². The number of benzene rings is 1. The maximum atomic E-state index is 12.7. The van der Waals surface area contributed by atoms with Crippen molar-refractivity contribution in [3.8, 4) is 0 Å². The number of hydrogen-bond acceptors (Lipinski definition) is 5. The molecule has 1 aliphatic rings. The quantitative estimate of drug-likeness (QED) is 0.890. The van der Waals surface area contributed by atoms with Gasteiger partial charge in [-0.15, -0.1) is 0 Å². The van der Waals surface area contributed by atoms with Crippen LogP contribution in [0, 0.1) is 0 Å². The summed E-state index contributed by atoms with van der Waals surface area (Å²) >= 11 is 1.42. The fraction of sp³-hybridized carbons (Fsp3) is 0.500. The number of unbranched alkanes of at least 4 members (excludes halogenated alkanes) is 1. The third kappa shape index (κ3) is 4.35. The third-order valence-corrected chi connectivity index (χ3v) is 5.36. The number of thiazole rings is 1. The Morgan fingerprint density at radius 3 is 2.72 bits per heavy atom. The number of nitrogens with one attached hydrogen (secondary N) is 1. The predicted octanol–water partition coefficient (Wildman–Crippen LogP) is 2.81. The van der Waals surface area contributed by atoms with Crippen LogP contribution in [0.5, 0.6) is 0 Å². The Kier molecular flexibility index (Phi) is 5.65. The molecule has 6 nitrogen and oxygen atoms in total. The van der Waals surface area contributed by atoms with Crippen molar-refractivity contribution in [3.05, 3.63) is 23.8 Å². The second kappa shape index (κ2) is 7.93. The molecule has 0 radical (unpaired) electrons. The minimum absolute atomic E-state index is 0.00496. The molecule has 1 saturated heterocycles. The predicted molar refractivity (Wildman–Crippen MR) is 101 cm³/mol. The molecule has 0 unspecified atom stereocenters. The fourth-order valence-electron chi connectivity index (χ4n) is 2.82. The van der Waals surface area contributed by atoms with Gasteiger partial charge in [0.15, 0.2) is 5.13 Å². The van der Waals surface area contributed by atoms with Crippen LogP contribution in [0.1, 0.15) is 36.5 Å². The molecular formula is C18H24N4O2S. The largest absolute Gasteiger partial charge is 0.336 e. The number of nitrogens with zero attached hydrogens (tertiary/aromatic N) is 3. The number of aromatic nitrogens is 1. The van der Waals surface area contributed by atoms with E-state index in [1.807, 2.05) is 23.1 Å². The van der Waals surface area contributed by atoms with Crippen LogP contribution in [-0.4, -0.2) is 59.8 Å². The molecule has 7 heteroatoms. The lowest BCUT2D eigenvalue weighted by Gasteiger charge is -2.32. The zero-order valence-electron chi connectivity index (χ0n) is 14.7. The number of rotatable bonds is 5. The van der Waals surface area contributed by atoms with Crippen LogP contribution in [0.25, 0.3) is 10.2 Å². The average Bonchev–Trinajstić information content (AvgIpc) is 3.01. The molecule has 1 N–H and O–H groups in total. The molecule has 3 rings (SSSR count). The van der Waals surface area contributed by atoms with Crippen molar-refractivity contribution in [1.29, 1.82) is 0 Å². The zero-order valence-corrected chi connectivity index (χ0v) is 15.6. The minimum Gasteiger partial charge on any atom is -0.336 e. The minimum atomic E-state index is -0.00496. The van der Waals surface area contributed by atoms with E-state index in [1.54, 1.807) is 0 Å². The molecule has 2 aromatic rings. The first-order chi connectivity index (χ1) is 12.1. The normalized spacial score (nSPS) is 15.5. The monoisotopic (exact) mass is 360 g/mol. The van der Waals surface area contributed by atoms with Gasteiger partial charge in [0.2, 0.25) is 5.91 Å². The smallest absolute Gasteiger partial charge is 0.253 e. The van der Waals surface area contributed by atoms with E-state index >= 15 is 0 Å². The summed E-state index contributed by atoms with van der Waals surface area (Å²) in [6.45, 7) is 5.39. The molecule has 1 fully saturated rings. The Bertz CT molecular complexity index is 766. The molecule has 25 heavy (non-hydrogen) atoms. The summed E-state index contributed by atoms with van der Waals surface area (Å²) in [4.78, 5) is 33.1. The number of fused-ring (bicyclic) bond motifs is 1. The van der Waals surface area contributed by atoms with E-state index in [0.29, 0.717) is 17.1 Å². The average molecular weight is 360 g/mol. The van der Waals surface area contributed by atoms with Crippen molar-refractivity contribution in [2.75, 3.05) is 38.5 Å². The Labute approximate surface area is 151 Å². The summed E-state index contributed by atoms with van der Waals surface area (Å²) in [5.41, 5.74) is 1.50. The molecule has 2 amide bonds. The lowest BCUT2D eigenvalue weighted by atomic mass is 10.1. The van der Waals surface area contributed by atoms with Gasteiger partial charge in [-0.1, -0.05) is 24.7 Å². The van der Waals surface area contributed by atoms with Crippen molar-refractivity contribution in [2.45, 2.75) is 26.2 Å². The first kappa shape index (κ1) is 17.8. The zero-order chi connectivity index (χ0) is 17.8. The van der Waals surface area contributed by atoms with Gasteiger partial charge in [0.1, 0.15) is 0 Å². The van der Waals surface area contributed by atoms with Gasteiger partial charge in [-0.05, 0) is 31.7 Å². The third-order valence-electron chi connectivity index (χ3n) is 4.43. The Hall–Kier alpha value is -1.99. The summed E-state index contributed by atoms with van der Waals surface area (Å²) in [7, 11) is 2.07. The van der Waals surface area contributed by atoms with Gasteiger partial charge in [-0.25, -0.2) is 4.98 Å². The number of hydrogen-bond donors (Lipinski definition) is 1. The van der Waals surface area contributed by atoms with E-state index in [-0.39, 0.29) is 11.8 Å². The van der Waals surface area contributed by atoms with Crippen molar-refractivity contribution < 1.29 is 9.59 Å². The van der Waals surface area contributed by atoms with Crippen LogP contribution < -0.4 is 5.32 Å². The number of carbonyl (C=O) groups excluding carboxylic acids is 2. The summed E-state index contributed by atoms with van der Waals surface area (Å²) in [6.07, 6.45) is 2.38. The molecule has 0 saturated carbocycles. The molecule has 2 heterocycles. The first-order valence-electron chi connectivity index (χ1n) is 8.75. The number of amides is 2. The highest BCUT2D eigenvalue weighted by Gasteiger charge is 2.21. The van der Waals surface area contributed by atoms with Crippen molar-refractivity contribution >= 4 is 38.5 Å². The van der Waals surface area contributed by atoms with Crippen LogP contribution in [0.4, 0.5) is 5.13 Å². The first-order valence-corrected chi connectivity index (χ1v) is 9.56. The van der Waals surface area contributed by atoms with Gasteiger partial charge >= 0.3 is 0 Å². The van der Waals surface area contributed by atoms with Crippen LogP contribution >= 0.6 is 11.3 Å². The van der Waals surface area contributed by atoms with Gasteiger partial charge in [-0.2, -0.15) is 0 Å². The molecule has 0 aliphatic carbocycles. The van der Waals surface area contributed by atoms with E-state index < -0.39 is 0 Å². The fourth-order valence-corrected chi connectivity index (χ4v) is 3.74. The second-order valence-electron chi connectivity index (χ2n) is 6.45. The Morgan fingerprint density at radius 2 is 2.00 bits per heavy atom. The molecule has 0 atom stereocenters. The molecule has 1 aromatic heterocycles. The number of likely N-dealkylation sites (N-methyl/N-ethyl adjacent to an activating group) is 1. The van der Waals surface area contributed by atoms with Crippen molar-refractivity contribution in [1.82, 2.24) is 14.8 Å². The molecule has 0 spiro atoms. The van der Waals surface area contributed by atoms with Crippen LogP contribution in [0.3, 0.4) is 0 Å². The number of anilines is 1. The molecule has 134 valence electrons. The van der Waals surface area contributed by atoms with Crippen molar-refractivity contribution in [2.24, 2.45) is 0 Å². The molecular weight excluding hydrogens is 336 g/mol. The summed E-state index contributed by atoms with van der Waals surface area (Å²) in [5, 5.41) is 3.45. The highest BCUT2D eigenvalue weighted by molar-refractivity contribution is 7.22. The summed E-state index contributed by atoms with van der Waals surface area (Å²) in [6, 6.07) is 5.57. The summed E-state index contributed by atoms with van der Waals surface area (Å²) < 4.78 is 0.922. The maximum absolute atomic E-state index is 12.7. The van der Waals surface area contributed by atoms with E-state index in [4.69, 9.17) is 0 Å². The van der Waals surface area contributed by atoms with Crippen LogP contribution in [-0.2, 0) is 4.79 Å². The van der Waals surface area contributed by atoms with Crippen LogP contribution in [0.15, 0.2) is 18.2 Å². The van der Waals surface area contributed by atoms with Gasteiger partial charge in [0.05, 0.1) is 10.2 Å². The van der Waals surface area contributed by atoms with Crippen molar-refractivity contribution in [3.63, 3.8) is 0 Å². The summed E-state index contributed by atoms with van der Waals surface area (Å²) in [5.74, 6) is 0.0616. The van der Waals surface area contributed by atoms with Crippen LogP contribution in [0.2, 0.25) is 0 Å². The van der Waals surface area contributed by atoms with Gasteiger partial charge in [0, 0.05) is 38.2 Å². The number of carbonyl (C=O) groups is 2. The Balaban J connectivity index is 1.71. The van der Waals surface area contributed by atoms with Gasteiger partial charge in [0.25, 0.3) is 5.91 Å². The van der Waals surface area contributed by atoms with Gasteiger partial charge < -0.3 is 15.1 Å². The molecule has 1 aliphatic heterocycles. The topological polar surface area (TPSA) is 65.5 Å². The standard InChI is InChI=1S/C18H24N4O2S/c1-3-4-5-16(23)20-18-19-14-7-6-13(12-15(14)25-18)17(24)22-10-8-21(2)9-11-22/h6-7,12H,3-5,8-11H2,1-2H3,(H,19,20,23). The lowest BCUT2D eigenvalue weighted by molar-refractivity contribution is -0.116. The van der Waals surface area contributed by atoms with E-state index in [2.05, 4.69) is 29.2 Å². The maximum Gasteiger partial charge on any atom is 0.253 e. The molecule has 1 aromatic carbocycles. The van der Waals surface area contributed by atoms with E-state index in [9.17, 15) is 9.59 Å². The number of piperazine rings is 1. The van der Waals surface area contributed by atoms with Gasteiger partial charge in [-0.3, -0.25) is 9.59 Å².